The highest BCUT2D eigenvalue weighted by Crippen LogP contribution is 2.34. The molecule has 0 aromatic carbocycles. The molecule has 202 valence electrons. The first kappa shape index (κ1) is 29.2. The predicted octanol–water partition coefficient (Wildman–Crippen LogP) is -5.90. The molecule has 2 aliphatic heterocycles. The minimum Gasteiger partial charge on any atom is -0.477 e. The number of hydrogen-bond donors (Lipinski definition) is 10. The molecular weight excluding hydrogens is 480 g/mol. The fourth-order valence-electron chi connectivity index (χ4n) is 3.97. The van der Waals surface area contributed by atoms with Crippen LogP contribution in [0.25, 0.3) is 0 Å². The molecule has 2 amide bonds. The Morgan fingerprint density at radius 3 is 2.11 bits per heavy atom. The third-order valence-electron chi connectivity index (χ3n) is 5.76. The number of hydrogen-bond acceptors (Lipinski definition) is 13. The SMILES string of the molecule is CC(=O)N[C@H]1[C@H]([C@H](O)[C@H](O)CO)OC(OC[C@H]2OC(O)[C@H](NC(C)=O)[C@@H](O)[C@H]2O)(C(=O)O)C[C@@H]1O. The monoisotopic (exact) mass is 512 g/mol. The third kappa shape index (κ3) is 6.62. The Labute approximate surface area is 199 Å². The lowest BCUT2D eigenvalue weighted by molar-refractivity contribution is -0.328. The van der Waals surface area contributed by atoms with Crippen LogP contribution >= 0.6 is 0 Å². The molecule has 2 fully saturated rings. The zero-order valence-electron chi connectivity index (χ0n) is 18.9. The number of carboxylic acids is 1. The fourth-order valence-corrected chi connectivity index (χ4v) is 3.97. The van der Waals surface area contributed by atoms with Gasteiger partial charge in [-0.25, -0.2) is 4.79 Å². The van der Waals surface area contributed by atoms with Crippen molar-refractivity contribution < 1.29 is 69.4 Å². The number of aliphatic hydroxyl groups excluding tert-OH is 7. The minimum absolute atomic E-state index is 0.628. The molecule has 0 aromatic heterocycles. The maximum Gasteiger partial charge on any atom is 0.364 e. The van der Waals surface area contributed by atoms with Crippen LogP contribution in [0.1, 0.15) is 20.3 Å². The maximum atomic E-state index is 12.1. The summed E-state index contributed by atoms with van der Waals surface area (Å²) in [5, 5.41) is 84.9. The molecule has 0 spiro atoms. The average Bonchev–Trinajstić information content (AvgIpc) is 2.78. The second-order valence-electron chi connectivity index (χ2n) is 8.46. The smallest absolute Gasteiger partial charge is 0.364 e. The van der Waals surface area contributed by atoms with E-state index in [0.29, 0.717) is 0 Å². The van der Waals surface area contributed by atoms with E-state index < -0.39 is 104 Å². The van der Waals surface area contributed by atoms with Gasteiger partial charge in [-0.1, -0.05) is 0 Å². The maximum absolute atomic E-state index is 12.1. The van der Waals surface area contributed by atoms with Crippen LogP contribution in [0.5, 0.6) is 0 Å². The molecule has 2 aliphatic rings. The standard InChI is InChI=1S/C19H32N2O14/c1-6(23)20-11-8(25)3-19(18(31)32,35-16(11)13(27)9(26)4-22)33-5-10-14(28)15(29)12(17(30)34-10)21-7(2)24/h8-17,22,25-30H,3-5H2,1-2H3,(H,20,23)(H,21,24)(H,31,32)/t8-,9+,10+,11+,12+,13+,14-,15+,16+,17?,19?/m0/s1. The van der Waals surface area contributed by atoms with E-state index in [1.165, 1.54) is 0 Å². The van der Waals surface area contributed by atoms with E-state index in [2.05, 4.69) is 10.6 Å². The van der Waals surface area contributed by atoms with Crippen molar-refractivity contribution in [3.05, 3.63) is 0 Å². The van der Waals surface area contributed by atoms with E-state index in [9.17, 15) is 50.1 Å². The summed E-state index contributed by atoms with van der Waals surface area (Å²) in [4.78, 5) is 34.9. The van der Waals surface area contributed by atoms with Crippen LogP contribution in [0.4, 0.5) is 0 Å². The molecule has 2 unspecified atom stereocenters. The minimum atomic E-state index is -2.71. The second kappa shape index (κ2) is 11.8. The lowest BCUT2D eigenvalue weighted by atomic mass is 9.88. The van der Waals surface area contributed by atoms with Gasteiger partial charge in [-0.15, -0.1) is 0 Å². The Balaban J connectivity index is 2.25. The van der Waals surface area contributed by atoms with Gasteiger partial charge in [0.1, 0.15) is 42.7 Å². The lowest BCUT2D eigenvalue weighted by Crippen LogP contribution is -2.68. The first-order valence-electron chi connectivity index (χ1n) is 10.7. The van der Waals surface area contributed by atoms with E-state index >= 15 is 0 Å². The molecule has 0 aromatic rings. The average molecular weight is 512 g/mol. The summed E-state index contributed by atoms with van der Waals surface area (Å²) >= 11 is 0. The Kier molecular flexibility index (Phi) is 9.88. The van der Waals surface area contributed by atoms with Gasteiger partial charge in [-0.2, -0.15) is 0 Å². The van der Waals surface area contributed by atoms with Crippen molar-refractivity contribution in [2.75, 3.05) is 13.2 Å². The highest BCUT2D eigenvalue weighted by atomic mass is 16.7. The molecule has 35 heavy (non-hydrogen) atoms. The van der Waals surface area contributed by atoms with Gasteiger partial charge in [0, 0.05) is 20.3 Å². The summed E-state index contributed by atoms with van der Waals surface area (Å²) in [5.74, 6) is -5.80. The zero-order valence-corrected chi connectivity index (χ0v) is 18.9. The number of carboxylic acid groups (broad SMARTS) is 1. The van der Waals surface area contributed by atoms with Crippen LogP contribution < -0.4 is 10.6 Å². The summed E-state index contributed by atoms with van der Waals surface area (Å²) in [6.45, 7) is 0.409. The topological polar surface area (TPSA) is 265 Å². The van der Waals surface area contributed by atoms with Gasteiger partial charge in [0.05, 0.1) is 25.4 Å². The fraction of sp³-hybridized carbons (Fsp3) is 0.842. The quantitative estimate of drug-likeness (QED) is 0.138. The second-order valence-corrected chi connectivity index (χ2v) is 8.46. The molecule has 2 heterocycles. The third-order valence-corrected chi connectivity index (χ3v) is 5.76. The summed E-state index contributed by atoms with van der Waals surface area (Å²) < 4.78 is 15.9. The van der Waals surface area contributed by atoms with E-state index in [-0.39, 0.29) is 0 Å². The van der Waals surface area contributed by atoms with Gasteiger partial charge < -0.3 is 65.7 Å². The first-order valence-corrected chi connectivity index (χ1v) is 10.7. The number of carbonyl (C=O) groups is 3. The Hall–Kier alpha value is -1.99. The number of ether oxygens (including phenoxy) is 3. The van der Waals surface area contributed by atoms with Crippen molar-refractivity contribution in [1.29, 1.82) is 0 Å². The van der Waals surface area contributed by atoms with Gasteiger partial charge >= 0.3 is 5.97 Å². The van der Waals surface area contributed by atoms with Gasteiger partial charge in [-0.3, -0.25) is 9.59 Å². The Morgan fingerprint density at radius 1 is 1.03 bits per heavy atom. The summed E-state index contributed by atoms with van der Waals surface area (Å²) in [6, 6.07) is -2.80. The van der Waals surface area contributed by atoms with Gasteiger partial charge in [0.25, 0.3) is 5.79 Å². The molecule has 0 saturated carbocycles. The summed E-state index contributed by atoms with van der Waals surface area (Å²) in [6.07, 6.45) is -14.9. The van der Waals surface area contributed by atoms with Crippen molar-refractivity contribution >= 4 is 17.8 Å². The number of amides is 2. The van der Waals surface area contributed by atoms with E-state index in [0.717, 1.165) is 13.8 Å². The number of rotatable bonds is 9. The zero-order chi connectivity index (χ0) is 26.7. The number of nitrogens with one attached hydrogen (secondary N) is 2. The molecule has 16 nitrogen and oxygen atoms in total. The first-order chi connectivity index (χ1) is 16.2. The largest absolute Gasteiger partial charge is 0.477 e. The molecule has 2 rings (SSSR count). The molecule has 10 N–H and O–H groups in total. The molecule has 11 atom stereocenters. The number of aliphatic carboxylic acids is 1. The number of aliphatic hydroxyl groups is 7. The van der Waals surface area contributed by atoms with Crippen LogP contribution in [0.3, 0.4) is 0 Å². The van der Waals surface area contributed by atoms with Crippen LogP contribution in [0.15, 0.2) is 0 Å². The van der Waals surface area contributed by atoms with E-state index in [4.69, 9.17) is 19.3 Å². The summed E-state index contributed by atoms with van der Waals surface area (Å²) in [7, 11) is 0. The van der Waals surface area contributed by atoms with Crippen LogP contribution in [-0.2, 0) is 28.6 Å². The normalized spacial score (nSPS) is 39.3. The molecule has 0 radical (unpaired) electrons. The van der Waals surface area contributed by atoms with Crippen LogP contribution in [-0.4, -0.2) is 139 Å². The van der Waals surface area contributed by atoms with Crippen molar-refractivity contribution in [1.82, 2.24) is 10.6 Å². The van der Waals surface area contributed by atoms with Crippen molar-refractivity contribution in [2.45, 2.75) is 87.2 Å². The van der Waals surface area contributed by atoms with E-state index in [1.807, 2.05) is 0 Å². The Bertz CT molecular complexity index is 770. The molecule has 2 saturated heterocycles. The molecule has 0 bridgehead atoms. The van der Waals surface area contributed by atoms with Crippen molar-refractivity contribution in [2.24, 2.45) is 0 Å². The molecular formula is C19H32N2O14. The van der Waals surface area contributed by atoms with Crippen molar-refractivity contribution in [3.63, 3.8) is 0 Å². The summed E-state index contributed by atoms with van der Waals surface area (Å²) in [5.41, 5.74) is 0. The van der Waals surface area contributed by atoms with Crippen molar-refractivity contribution in [3.8, 4) is 0 Å². The van der Waals surface area contributed by atoms with Crippen LogP contribution in [0.2, 0.25) is 0 Å². The van der Waals surface area contributed by atoms with Gasteiger partial charge in [0.15, 0.2) is 6.29 Å². The Morgan fingerprint density at radius 2 is 1.60 bits per heavy atom. The van der Waals surface area contributed by atoms with Gasteiger partial charge in [-0.05, 0) is 0 Å². The number of carbonyl (C=O) groups excluding carboxylic acids is 2. The highest BCUT2D eigenvalue weighted by molar-refractivity contribution is 5.76. The lowest BCUT2D eigenvalue weighted by Gasteiger charge is -2.47. The van der Waals surface area contributed by atoms with E-state index in [1.54, 1.807) is 0 Å². The molecule has 16 heteroatoms. The van der Waals surface area contributed by atoms with Gasteiger partial charge in [0.2, 0.25) is 11.8 Å². The predicted molar refractivity (Wildman–Crippen MR) is 109 cm³/mol. The van der Waals surface area contributed by atoms with Crippen LogP contribution in [0, 0.1) is 0 Å². The highest BCUT2D eigenvalue weighted by Gasteiger charge is 2.56. The molecule has 0 aliphatic carbocycles.